The predicted molar refractivity (Wildman–Crippen MR) is 78.0 cm³/mol. The molecule has 3 atom stereocenters. The fourth-order valence-corrected chi connectivity index (χ4v) is 3.82. The lowest BCUT2D eigenvalue weighted by molar-refractivity contribution is -0.144. The minimum Gasteiger partial charge on any atom is -0.481 e. The monoisotopic (exact) mass is 295 g/mol. The van der Waals surface area contributed by atoms with Crippen molar-refractivity contribution < 1.29 is 14.7 Å². The number of carboxylic acids is 1. The molecule has 6 nitrogen and oxygen atoms in total. The van der Waals surface area contributed by atoms with Gasteiger partial charge in [-0.1, -0.05) is 6.92 Å². The number of piperidine rings is 1. The van der Waals surface area contributed by atoms with Crippen LogP contribution in [0.4, 0.5) is 4.79 Å². The fourth-order valence-electron chi connectivity index (χ4n) is 3.82. The smallest absolute Gasteiger partial charge is 0.317 e. The number of urea groups is 1. The van der Waals surface area contributed by atoms with E-state index in [1.807, 2.05) is 0 Å². The van der Waals surface area contributed by atoms with E-state index in [4.69, 9.17) is 5.11 Å². The molecule has 0 bridgehead atoms. The van der Waals surface area contributed by atoms with Gasteiger partial charge in [-0.15, -0.1) is 0 Å². The third-order valence-corrected chi connectivity index (χ3v) is 5.44. The van der Waals surface area contributed by atoms with Crippen LogP contribution in [0.1, 0.15) is 32.6 Å². The van der Waals surface area contributed by atoms with Crippen LogP contribution >= 0.6 is 0 Å². The predicted octanol–water partition coefficient (Wildman–Crippen LogP) is 0.975. The summed E-state index contributed by atoms with van der Waals surface area (Å²) in [5.41, 5.74) is 0. The molecular formula is C15H25N3O3. The van der Waals surface area contributed by atoms with Crippen LogP contribution in [0.25, 0.3) is 0 Å². The topological polar surface area (TPSA) is 72.9 Å². The van der Waals surface area contributed by atoms with E-state index in [9.17, 15) is 9.59 Å². The molecule has 3 saturated heterocycles. The van der Waals surface area contributed by atoms with Gasteiger partial charge in [0.2, 0.25) is 0 Å². The first-order valence-electron chi connectivity index (χ1n) is 8.07. The summed E-state index contributed by atoms with van der Waals surface area (Å²) in [5, 5.41) is 12.1. The van der Waals surface area contributed by atoms with Gasteiger partial charge in [-0.3, -0.25) is 4.79 Å². The van der Waals surface area contributed by atoms with Crippen molar-refractivity contribution >= 4 is 12.0 Å². The van der Waals surface area contributed by atoms with E-state index in [1.54, 1.807) is 11.8 Å². The van der Waals surface area contributed by atoms with Crippen molar-refractivity contribution in [2.24, 2.45) is 11.8 Å². The van der Waals surface area contributed by atoms with Gasteiger partial charge in [-0.25, -0.2) is 4.79 Å². The lowest BCUT2D eigenvalue weighted by Crippen LogP contribution is -2.59. The van der Waals surface area contributed by atoms with Gasteiger partial charge < -0.3 is 20.2 Å². The molecular weight excluding hydrogens is 270 g/mol. The highest BCUT2D eigenvalue weighted by molar-refractivity contribution is 5.76. The molecule has 0 aliphatic carbocycles. The van der Waals surface area contributed by atoms with E-state index in [-0.39, 0.29) is 23.9 Å². The number of carboxylic acid groups (broad SMARTS) is 1. The molecule has 21 heavy (non-hydrogen) atoms. The molecule has 0 spiro atoms. The average molecular weight is 295 g/mol. The first kappa shape index (κ1) is 14.6. The molecule has 3 fully saturated rings. The summed E-state index contributed by atoms with van der Waals surface area (Å²) in [6, 6.07) is 0.924. The Hall–Kier alpha value is -1.30. The molecule has 2 amide bonds. The Bertz CT molecular complexity index is 422. The number of nitrogens with zero attached hydrogens (tertiary/aromatic N) is 2. The Labute approximate surface area is 125 Å². The zero-order chi connectivity index (χ0) is 15.0. The molecule has 3 aliphatic rings. The maximum absolute atomic E-state index is 12.2. The second kappa shape index (κ2) is 5.83. The first-order valence-corrected chi connectivity index (χ1v) is 8.07. The van der Waals surface area contributed by atoms with Crippen molar-refractivity contribution in [3.05, 3.63) is 0 Å². The number of hydrogen-bond donors (Lipinski definition) is 2. The molecule has 0 radical (unpaired) electrons. The van der Waals surface area contributed by atoms with Crippen LogP contribution in [-0.4, -0.2) is 65.2 Å². The van der Waals surface area contributed by atoms with Crippen molar-refractivity contribution in [1.29, 1.82) is 0 Å². The summed E-state index contributed by atoms with van der Waals surface area (Å²) < 4.78 is 0. The number of likely N-dealkylation sites (tertiary alicyclic amines) is 1. The first-order chi connectivity index (χ1) is 10.0. The summed E-state index contributed by atoms with van der Waals surface area (Å²) in [6.07, 6.45) is 4.64. The molecule has 2 N–H and O–H groups in total. The zero-order valence-electron chi connectivity index (χ0n) is 12.6. The number of hydrogen-bond acceptors (Lipinski definition) is 3. The average Bonchev–Trinajstić information content (AvgIpc) is 2.84. The van der Waals surface area contributed by atoms with Crippen molar-refractivity contribution in [2.75, 3.05) is 26.2 Å². The lowest BCUT2D eigenvalue weighted by Gasteiger charge is -2.42. The van der Waals surface area contributed by atoms with Gasteiger partial charge in [0.1, 0.15) is 0 Å². The standard InChI is InChI=1S/C15H25N3O3/c1-10(14(19)20)11-8-18(9-11)15(21)16-12-4-6-17-5-2-3-13(17)7-12/h10-13H,2-9H2,1H3,(H,16,21)(H,19,20). The molecule has 0 saturated carbocycles. The molecule has 6 heteroatoms. The second-order valence-corrected chi connectivity index (χ2v) is 6.79. The number of carbonyl (C=O) groups is 2. The maximum Gasteiger partial charge on any atom is 0.317 e. The van der Waals surface area contributed by atoms with Crippen molar-refractivity contribution in [1.82, 2.24) is 15.1 Å². The van der Waals surface area contributed by atoms with Crippen molar-refractivity contribution in [3.8, 4) is 0 Å². The van der Waals surface area contributed by atoms with Gasteiger partial charge in [0.25, 0.3) is 0 Å². The highest BCUT2D eigenvalue weighted by atomic mass is 16.4. The summed E-state index contributed by atoms with van der Waals surface area (Å²) >= 11 is 0. The van der Waals surface area contributed by atoms with Crippen LogP contribution in [0, 0.1) is 11.8 Å². The summed E-state index contributed by atoms with van der Waals surface area (Å²) in [7, 11) is 0. The number of rotatable bonds is 3. The van der Waals surface area contributed by atoms with E-state index < -0.39 is 5.97 Å². The van der Waals surface area contributed by atoms with E-state index in [2.05, 4.69) is 10.2 Å². The molecule has 3 unspecified atom stereocenters. The Morgan fingerprint density at radius 3 is 2.71 bits per heavy atom. The fraction of sp³-hybridized carbons (Fsp3) is 0.867. The van der Waals surface area contributed by atoms with Crippen LogP contribution < -0.4 is 5.32 Å². The van der Waals surface area contributed by atoms with Crippen molar-refractivity contribution in [3.63, 3.8) is 0 Å². The third kappa shape index (κ3) is 3.00. The highest BCUT2D eigenvalue weighted by Gasteiger charge is 2.38. The zero-order valence-corrected chi connectivity index (χ0v) is 12.6. The van der Waals surface area contributed by atoms with Gasteiger partial charge in [0.05, 0.1) is 5.92 Å². The Morgan fingerprint density at radius 2 is 2.00 bits per heavy atom. The molecule has 118 valence electrons. The van der Waals surface area contributed by atoms with Crippen LogP contribution in [-0.2, 0) is 4.79 Å². The summed E-state index contributed by atoms with van der Waals surface area (Å²) in [4.78, 5) is 27.4. The molecule has 3 rings (SSSR count). The number of aliphatic carboxylic acids is 1. The Balaban J connectivity index is 1.42. The second-order valence-electron chi connectivity index (χ2n) is 6.79. The highest BCUT2D eigenvalue weighted by Crippen LogP contribution is 2.28. The number of fused-ring (bicyclic) bond motifs is 1. The number of amides is 2. The van der Waals surface area contributed by atoms with E-state index >= 15 is 0 Å². The van der Waals surface area contributed by atoms with Gasteiger partial charge in [0, 0.05) is 37.6 Å². The van der Waals surface area contributed by atoms with Gasteiger partial charge in [-0.05, 0) is 32.2 Å². The molecule has 0 aromatic carbocycles. The van der Waals surface area contributed by atoms with E-state index in [0.29, 0.717) is 19.1 Å². The largest absolute Gasteiger partial charge is 0.481 e. The SMILES string of the molecule is CC(C(=O)O)C1CN(C(=O)NC2CCN3CCCC3C2)C1. The van der Waals surface area contributed by atoms with Gasteiger partial charge >= 0.3 is 12.0 Å². The molecule has 3 aliphatic heterocycles. The van der Waals surface area contributed by atoms with E-state index in [0.717, 1.165) is 19.4 Å². The van der Waals surface area contributed by atoms with Crippen LogP contribution in [0.5, 0.6) is 0 Å². The van der Waals surface area contributed by atoms with Crippen LogP contribution in [0.3, 0.4) is 0 Å². The molecule has 0 aromatic rings. The van der Waals surface area contributed by atoms with Crippen LogP contribution in [0.15, 0.2) is 0 Å². The Kier molecular flexibility index (Phi) is 4.06. The quantitative estimate of drug-likeness (QED) is 0.814. The maximum atomic E-state index is 12.2. The van der Waals surface area contributed by atoms with Gasteiger partial charge in [0.15, 0.2) is 0 Å². The van der Waals surface area contributed by atoms with Gasteiger partial charge in [-0.2, -0.15) is 0 Å². The Morgan fingerprint density at radius 1 is 1.24 bits per heavy atom. The normalized spacial score (nSPS) is 31.4. The minimum absolute atomic E-state index is 0.0136. The summed E-state index contributed by atoms with van der Waals surface area (Å²) in [5.74, 6) is -1.03. The van der Waals surface area contributed by atoms with Crippen LogP contribution in [0.2, 0.25) is 0 Å². The number of carbonyl (C=O) groups excluding carboxylic acids is 1. The summed E-state index contributed by atoms with van der Waals surface area (Å²) in [6.45, 7) is 5.17. The van der Waals surface area contributed by atoms with Crippen molar-refractivity contribution in [2.45, 2.75) is 44.7 Å². The minimum atomic E-state index is -0.770. The molecule has 3 heterocycles. The lowest BCUT2D eigenvalue weighted by atomic mass is 9.87. The molecule has 0 aromatic heterocycles. The van der Waals surface area contributed by atoms with E-state index in [1.165, 1.54) is 19.4 Å². The number of nitrogens with one attached hydrogen (secondary N) is 1. The third-order valence-electron chi connectivity index (χ3n) is 5.44.